The van der Waals surface area contributed by atoms with Crippen LogP contribution in [0.25, 0.3) is 0 Å². The number of ether oxygens (including phenoxy) is 4. The quantitative estimate of drug-likeness (QED) is 0.0723. The summed E-state index contributed by atoms with van der Waals surface area (Å²) in [7, 11) is 3.37. The van der Waals surface area contributed by atoms with Crippen molar-refractivity contribution in [3.63, 3.8) is 0 Å². The number of benzene rings is 3. The van der Waals surface area contributed by atoms with E-state index < -0.39 is 11.7 Å². The molecular weight excluding hydrogens is 845 g/mol. The van der Waals surface area contributed by atoms with Gasteiger partial charge in [-0.2, -0.15) is 0 Å². The number of likely N-dealkylation sites (tertiary alicyclic amines) is 1. The fourth-order valence-electron chi connectivity index (χ4n) is 14.5. The molecule has 1 heterocycles. The lowest BCUT2D eigenvalue weighted by atomic mass is 9.47. The van der Waals surface area contributed by atoms with Gasteiger partial charge in [-0.25, -0.2) is 4.79 Å². The van der Waals surface area contributed by atoms with Crippen LogP contribution in [0.1, 0.15) is 166 Å². The summed E-state index contributed by atoms with van der Waals surface area (Å²) >= 11 is 0. The maximum absolute atomic E-state index is 13.2. The fourth-order valence-corrected chi connectivity index (χ4v) is 14.5. The van der Waals surface area contributed by atoms with Gasteiger partial charge in [-0.05, 0) is 153 Å². The number of amides is 1. The number of nitrogens with zero attached hydrogens (tertiary/aromatic N) is 1. The molecule has 68 heavy (non-hydrogen) atoms. The highest BCUT2D eigenvalue weighted by molar-refractivity contribution is 5.67. The average Bonchev–Trinajstić information content (AvgIpc) is 3.91. The number of carbonyl (C=O) groups excluding carboxylic acids is 1. The Hall–Kier alpha value is -3.85. The largest absolute Gasteiger partial charge is 0.497 e. The van der Waals surface area contributed by atoms with Crippen LogP contribution in [0.3, 0.4) is 0 Å². The first-order valence-electron chi connectivity index (χ1n) is 27.1. The normalized spacial score (nSPS) is 29.8. The summed E-state index contributed by atoms with van der Waals surface area (Å²) < 4.78 is 24.4. The molecule has 0 spiro atoms. The molecule has 3 saturated carbocycles. The lowest BCUT2D eigenvalue weighted by molar-refractivity contribution is -0.0811. The second kappa shape index (κ2) is 23.4. The topological polar surface area (TPSA) is 89.5 Å². The van der Waals surface area contributed by atoms with E-state index in [1.54, 1.807) is 19.8 Å². The monoisotopic (exact) mass is 931 g/mol. The van der Waals surface area contributed by atoms with Gasteiger partial charge in [-0.3, -0.25) is 4.90 Å². The molecule has 8 heteroatoms. The van der Waals surface area contributed by atoms with Crippen LogP contribution in [-0.2, 0) is 21.7 Å². The third-order valence-corrected chi connectivity index (χ3v) is 18.3. The van der Waals surface area contributed by atoms with Crippen LogP contribution in [0.15, 0.2) is 90.5 Å². The SMILES string of the molecule is CCCCCCCCC1CCC2C3CC=C4CC(OC(=O)NCCCCCCN5CC(O)CC5C(OCc5ccc(OC)cc5)(c5ccccc5)c5ccc(OC)cc5)CCC4(C)C3CCC12C. The van der Waals surface area contributed by atoms with Crippen molar-refractivity contribution < 1.29 is 28.8 Å². The molecule has 3 aromatic carbocycles. The Morgan fingerprint density at radius 1 is 0.779 bits per heavy atom. The Balaban J connectivity index is 0.807. The lowest BCUT2D eigenvalue weighted by Gasteiger charge is -2.58. The van der Waals surface area contributed by atoms with E-state index in [1.165, 1.54) is 77.0 Å². The van der Waals surface area contributed by atoms with Crippen LogP contribution < -0.4 is 14.8 Å². The number of aliphatic hydroxyl groups excluding tert-OH is 1. The number of fused-ring (bicyclic) bond motifs is 5. The highest BCUT2D eigenvalue weighted by atomic mass is 16.6. The molecule has 8 rings (SSSR count). The molecular formula is C60H86N2O6. The molecule has 0 aromatic heterocycles. The summed E-state index contributed by atoms with van der Waals surface area (Å²) in [6.45, 7) is 10.0. The van der Waals surface area contributed by atoms with Crippen LogP contribution >= 0.6 is 0 Å². The number of allylic oxidation sites excluding steroid dienone is 1. The van der Waals surface area contributed by atoms with E-state index in [4.69, 9.17) is 18.9 Å². The van der Waals surface area contributed by atoms with Gasteiger partial charge < -0.3 is 29.4 Å². The van der Waals surface area contributed by atoms with Gasteiger partial charge in [-0.1, -0.05) is 138 Å². The standard InChI is InChI=1S/C60H86N2O6/c1-6-7-8-9-10-14-19-45-27-33-54-53-32-26-48-40-52(34-36-59(48,3)55(53)35-37-58(45,54)2)68-57(64)61-38-17-11-12-18-39-62-42-49(63)41-56(62)60(46-20-15-13-16-21-46,47-24-30-51(66-5)31-25-47)67-43-44-22-28-50(65-4)29-23-44/h13,15-16,20-26,28-31,45,49,52-56,63H,6-12,14,17-19,27,32-43H2,1-5H3,(H,61,64). The molecule has 3 aromatic rings. The minimum Gasteiger partial charge on any atom is -0.497 e. The number of methoxy groups -OCH3 is 2. The predicted molar refractivity (Wildman–Crippen MR) is 274 cm³/mol. The van der Waals surface area contributed by atoms with Crippen LogP contribution in [-0.4, -0.2) is 68.2 Å². The van der Waals surface area contributed by atoms with Crippen LogP contribution in [0.5, 0.6) is 11.5 Å². The smallest absolute Gasteiger partial charge is 0.407 e. The Labute approximate surface area is 410 Å². The van der Waals surface area contributed by atoms with Crippen molar-refractivity contribution in [2.45, 2.75) is 180 Å². The van der Waals surface area contributed by atoms with Gasteiger partial charge in [0.2, 0.25) is 0 Å². The molecule has 4 fully saturated rings. The van der Waals surface area contributed by atoms with Crippen molar-refractivity contribution in [2.24, 2.45) is 34.5 Å². The van der Waals surface area contributed by atoms with Gasteiger partial charge in [-0.15, -0.1) is 0 Å². The zero-order chi connectivity index (χ0) is 47.6. The summed E-state index contributed by atoms with van der Waals surface area (Å²) in [4.78, 5) is 15.6. The number of hydrogen-bond donors (Lipinski definition) is 2. The third-order valence-electron chi connectivity index (χ3n) is 18.3. The highest BCUT2D eigenvalue weighted by Crippen LogP contribution is 2.67. The van der Waals surface area contributed by atoms with Crippen molar-refractivity contribution in [2.75, 3.05) is 33.9 Å². The highest BCUT2D eigenvalue weighted by Gasteiger charge is 2.58. The van der Waals surface area contributed by atoms with Gasteiger partial charge in [0.15, 0.2) is 0 Å². The second-order valence-corrected chi connectivity index (χ2v) is 22.1. The van der Waals surface area contributed by atoms with Gasteiger partial charge in [0.25, 0.3) is 0 Å². The summed E-state index contributed by atoms with van der Waals surface area (Å²) in [6.07, 6.45) is 26.2. The maximum atomic E-state index is 13.2. The van der Waals surface area contributed by atoms with E-state index >= 15 is 0 Å². The predicted octanol–water partition coefficient (Wildman–Crippen LogP) is 13.6. The van der Waals surface area contributed by atoms with Crippen LogP contribution in [0.4, 0.5) is 4.79 Å². The summed E-state index contributed by atoms with van der Waals surface area (Å²) in [5.41, 5.74) is 4.65. The Kier molecular flexibility index (Phi) is 17.4. The van der Waals surface area contributed by atoms with Crippen LogP contribution in [0.2, 0.25) is 0 Å². The molecule has 4 aliphatic carbocycles. The number of carbonyl (C=O) groups is 1. The molecule has 0 radical (unpaired) electrons. The van der Waals surface area contributed by atoms with Gasteiger partial charge in [0.1, 0.15) is 23.2 Å². The molecule has 10 atom stereocenters. The zero-order valence-corrected chi connectivity index (χ0v) is 42.5. The first-order chi connectivity index (χ1) is 33.1. The fraction of sp³-hybridized carbons (Fsp3) is 0.650. The molecule has 2 N–H and O–H groups in total. The second-order valence-electron chi connectivity index (χ2n) is 22.1. The van der Waals surface area contributed by atoms with Crippen molar-refractivity contribution >= 4 is 6.09 Å². The van der Waals surface area contributed by atoms with Crippen molar-refractivity contribution in [3.05, 3.63) is 107 Å². The van der Waals surface area contributed by atoms with Gasteiger partial charge in [0, 0.05) is 25.6 Å². The van der Waals surface area contributed by atoms with E-state index in [9.17, 15) is 9.90 Å². The molecule has 8 nitrogen and oxygen atoms in total. The number of hydrogen-bond acceptors (Lipinski definition) is 7. The first kappa shape index (κ1) is 50.5. The Bertz CT molecular complexity index is 2060. The van der Waals surface area contributed by atoms with E-state index in [0.29, 0.717) is 31.5 Å². The molecule has 372 valence electrons. The number of nitrogens with one attached hydrogen (secondary N) is 1. The molecule has 5 aliphatic rings. The van der Waals surface area contributed by atoms with Gasteiger partial charge >= 0.3 is 6.09 Å². The van der Waals surface area contributed by atoms with Crippen molar-refractivity contribution in [1.29, 1.82) is 0 Å². The summed E-state index contributed by atoms with van der Waals surface area (Å²) in [6, 6.07) is 26.6. The minimum atomic E-state index is -0.855. The first-order valence-corrected chi connectivity index (χ1v) is 27.1. The summed E-state index contributed by atoms with van der Waals surface area (Å²) in [5, 5.41) is 14.4. The number of rotatable bonds is 23. The van der Waals surface area contributed by atoms with Crippen molar-refractivity contribution in [1.82, 2.24) is 10.2 Å². The maximum Gasteiger partial charge on any atom is 0.407 e. The molecule has 10 unspecified atom stereocenters. The molecule has 1 amide bonds. The number of aliphatic hydroxyl groups is 1. The Morgan fingerprint density at radius 3 is 2.22 bits per heavy atom. The average molecular weight is 931 g/mol. The van der Waals surface area contributed by atoms with Gasteiger partial charge in [0.05, 0.1) is 26.9 Å². The van der Waals surface area contributed by atoms with E-state index in [2.05, 4.69) is 85.6 Å². The van der Waals surface area contributed by atoms with Crippen molar-refractivity contribution in [3.8, 4) is 11.5 Å². The summed E-state index contributed by atoms with van der Waals surface area (Å²) in [5.74, 6) is 5.01. The molecule has 0 bridgehead atoms. The molecule has 1 saturated heterocycles. The number of unbranched alkanes of at least 4 members (excludes halogenated alkanes) is 8. The van der Waals surface area contributed by atoms with E-state index in [1.807, 2.05) is 30.3 Å². The van der Waals surface area contributed by atoms with E-state index in [0.717, 1.165) is 103 Å². The van der Waals surface area contributed by atoms with Crippen LogP contribution in [0, 0.1) is 34.5 Å². The lowest BCUT2D eigenvalue weighted by Crippen LogP contribution is -2.50. The Morgan fingerprint density at radius 2 is 1.47 bits per heavy atom. The number of alkyl carbamates (subject to hydrolysis) is 1. The zero-order valence-electron chi connectivity index (χ0n) is 42.5. The minimum absolute atomic E-state index is 0.0298. The number of β-amino-alcohol motifs (C(OH)–C–C–N with tert-alkyl or cyclic N) is 1. The third kappa shape index (κ3) is 11.2. The molecule has 1 aliphatic heterocycles. The van der Waals surface area contributed by atoms with E-state index in [-0.39, 0.29) is 23.7 Å².